The van der Waals surface area contributed by atoms with Crippen LogP contribution in [0.1, 0.15) is 23.7 Å². The van der Waals surface area contributed by atoms with Crippen LogP contribution in [0.2, 0.25) is 0 Å². The van der Waals surface area contributed by atoms with E-state index in [0.29, 0.717) is 25.1 Å². The summed E-state index contributed by atoms with van der Waals surface area (Å²) in [4.78, 5) is 29.8. The number of carbonyl (C=O) groups excluding carboxylic acids is 2. The average Bonchev–Trinajstić information content (AvgIpc) is 3.07. The van der Waals surface area contributed by atoms with Gasteiger partial charge in [0, 0.05) is 32.5 Å². The summed E-state index contributed by atoms with van der Waals surface area (Å²) in [6.07, 6.45) is 2.17. The summed E-state index contributed by atoms with van der Waals surface area (Å²) in [5.41, 5.74) is 2.23. The Bertz CT molecular complexity index is 722. The summed E-state index contributed by atoms with van der Waals surface area (Å²) in [6.45, 7) is 3.61. The van der Waals surface area contributed by atoms with E-state index in [4.69, 9.17) is 4.74 Å². The number of amides is 1. The molecule has 116 valence electrons. The molecule has 2 heterocycles. The fraction of sp³-hybridized carbons (Fsp3) is 0.438. The van der Waals surface area contributed by atoms with Gasteiger partial charge < -0.3 is 14.2 Å². The maximum atomic E-state index is 12.1. The zero-order valence-corrected chi connectivity index (χ0v) is 12.8. The predicted molar refractivity (Wildman–Crippen MR) is 81.4 cm³/mol. The molecule has 22 heavy (non-hydrogen) atoms. The van der Waals surface area contributed by atoms with E-state index in [1.165, 1.54) is 0 Å². The standard InChI is InChI=1S/C16H19N3O3/c1-3-19-8-11(6-15(19)20)9-22-16(21)12-4-5-14-13(7-12)17-10-18(14)2/h4-5,7,10-11H,3,6,8-9H2,1-2H3/t11-/m0/s1. The molecule has 2 aromatic rings. The highest BCUT2D eigenvalue weighted by Gasteiger charge is 2.29. The van der Waals surface area contributed by atoms with E-state index < -0.39 is 0 Å². The number of rotatable bonds is 4. The molecule has 6 nitrogen and oxygen atoms in total. The van der Waals surface area contributed by atoms with Crippen LogP contribution in [-0.4, -0.2) is 46.0 Å². The molecular formula is C16H19N3O3. The Kier molecular flexibility index (Phi) is 3.83. The van der Waals surface area contributed by atoms with Crippen LogP contribution in [0, 0.1) is 5.92 Å². The number of nitrogens with zero attached hydrogens (tertiary/aromatic N) is 3. The molecule has 0 radical (unpaired) electrons. The van der Waals surface area contributed by atoms with Crippen LogP contribution in [0.25, 0.3) is 11.0 Å². The number of aryl methyl sites for hydroxylation is 1. The second-order valence-electron chi connectivity index (χ2n) is 5.66. The van der Waals surface area contributed by atoms with Crippen molar-refractivity contribution >= 4 is 22.9 Å². The summed E-state index contributed by atoms with van der Waals surface area (Å²) in [7, 11) is 1.91. The van der Waals surface area contributed by atoms with Gasteiger partial charge in [-0.2, -0.15) is 0 Å². The number of likely N-dealkylation sites (tertiary alicyclic amines) is 1. The lowest BCUT2D eigenvalue weighted by Gasteiger charge is -2.13. The minimum atomic E-state index is -0.366. The minimum Gasteiger partial charge on any atom is -0.462 e. The lowest BCUT2D eigenvalue weighted by atomic mass is 10.1. The van der Waals surface area contributed by atoms with Gasteiger partial charge in [-0.15, -0.1) is 0 Å². The SMILES string of the molecule is CCN1C[C@@H](COC(=O)c2ccc3c(c2)ncn3C)CC1=O. The van der Waals surface area contributed by atoms with Gasteiger partial charge >= 0.3 is 5.97 Å². The third-order valence-corrected chi connectivity index (χ3v) is 4.09. The van der Waals surface area contributed by atoms with Crippen molar-refractivity contribution in [2.24, 2.45) is 13.0 Å². The molecule has 0 N–H and O–H groups in total. The van der Waals surface area contributed by atoms with Gasteiger partial charge in [0.25, 0.3) is 0 Å². The van der Waals surface area contributed by atoms with E-state index in [2.05, 4.69) is 4.98 Å². The minimum absolute atomic E-state index is 0.0926. The zero-order valence-electron chi connectivity index (χ0n) is 12.8. The number of hydrogen-bond donors (Lipinski definition) is 0. The summed E-state index contributed by atoms with van der Waals surface area (Å²) in [6, 6.07) is 5.33. The first-order valence-electron chi connectivity index (χ1n) is 7.44. The number of aromatic nitrogens is 2. The predicted octanol–water partition coefficient (Wildman–Crippen LogP) is 1.60. The largest absolute Gasteiger partial charge is 0.462 e. The van der Waals surface area contributed by atoms with Gasteiger partial charge in [0.15, 0.2) is 0 Å². The van der Waals surface area contributed by atoms with Gasteiger partial charge in [-0.1, -0.05) is 0 Å². The topological polar surface area (TPSA) is 64.4 Å². The van der Waals surface area contributed by atoms with E-state index >= 15 is 0 Å². The quantitative estimate of drug-likeness (QED) is 0.805. The number of esters is 1. The average molecular weight is 301 g/mol. The van der Waals surface area contributed by atoms with Crippen molar-refractivity contribution in [3.8, 4) is 0 Å². The normalized spacial score (nSPS) is 18.2. The monoisotopic (exact) mass is 301 g/mol. The van der Waals surface area contributed by atoms with Gasteiger partial charge in [0.05, 0.1) is 29.5 Å². The van der Waals surface area contributed by atoms with E-state index in [-0.39, 0.29) is 24.4 Å². The molecule has 1 aromatic heterocycles. The Balaban J connectivity index is 1.63. The molecular weight excluding hydrogens is 282 g/mol. The van der Waals surface area contributed by atoms with Crippen molar-refractivity contribution in [2.45, 2.75) is 13.3 Å². The molecule has 0 unspecified atom stereocenters. The summed E-state index contributed by atoms with van der Waals surface area (Å²) < 4.78 is 7.25. The lowest BCUT2D eigenvalue weighted by molar-refractivity contribution is -0.127. The zero-order chi connectivity index (χ0) is 15.7. The second-order valence-corrected chi connectivity index (χ2v) is 5.66. The van der Waals surface area contributed by atoms with E-state index in [1.807, 2.05) is 24.6 Å². The number of benzene rings is 1. The summed E-state index contributed by atoms with van der Waals surface area (Å²) in [5, 5.41) is 0. The first-order chi connectivity index (χ1) is 10.6. The van der Waals surface area contributed by atoms with Crippen LogP contribution in [0.15, 0.2) is 24.5 Å². The highest BCUT2D eigenvalue weighted by Crippen LogP contribution is 2.19. The van der Waals surface area contributed by atoms with Crippen LogP contribution in [0.5, 0.6) is 0 Å². The molecule has 0 saturated carbocycles. The smallest absolute Gasteiger partial charge is 0.338 e. The first kappa shape index (κ1) is 14.6. The molecule has 1 amide bonds. The van der Waals surface area contributed by atoms with Gasteiger partial charge in [-0.05, 0) is 25.1 Å². The number of ether oxygens (including phenoxy) is 1. The maximum Gasteiger partial charge on any atom is 0.338 e. The fourth-order valence-corrected chi connectivity index (χ4v) is 2.81. The number of imidazole rings is 1. The van der Waals surface area contributed by atoms with Crippen molar-refractivity contribution in [3.05, 3.63) is 30.1 Å². The molecule has 1 saturated heterocycles. The Morgan fingerprint density at radius 3 is 3.00 bits per heavy atom. The molecule has 1 aromatic carbocycles. The Morgan fingerprint density at radius 2 is 2.27 bits per heavy atom. The van der Waals surface area contributed by atoms with Crippen molar-refractivity contribution in [3.63, 3.8) is 0 Å². The molecule has 1 atom stereocenters. The van der Waals surface area contributed by atoms with E-state index in [1.54, 1.807) is 23.4 Å². The highest BCUT2D eigenvalue weighted by atomic mass is 16.5. The van der Waals surface area contributed by atoms with Crippen LogP contribution < -0.4 is 0 Å². The summed E-state index contributed by atoms with van der Waals surface area (Å²) >= 11 is 0. The van der Waals surface area contributed by atoms with Gasteiger partial charge in [-0.3, -0.25) is 4.79 Å². The fourth-order valence-electron chi connectivity index (χ4n) is 2.81. The molecule has 0 spiro atoms. The lowest BCUT2D eigenvalue weighted by Crippen LogP contribution is -2.25. The van der Waals surface area contributed by atoms with Crippen LogP contribution in [-0.2, 0) is 16.6 Å². The number of carbonyl (C=O) groups is 2. The van der Waals surface area contributed by atoms with Crippen molar-refractivity contribution in [2.75, 3.05) is 19.7 Å². The van der Waals surface area contributed by atoms with Gasteiger partial charge in [-0.25, -0.2) is 9.78 Å². The number of hydrogen-bond acceptors (Lipinski definition) is 4. The van der Waals surface area contributed by atoms with E-state index in [9.17, 15) is 9.59 Å². The maximum absolute atomic E-state index is 12.1. The second kappa shape index (κ2) is 5.79. The van der Waals surface area contributed by atoms with Crippen LogP contribution in [0.4, 0.5) is 0 Å². The van der Waals surface area contributed by atoms with Crippen molar-refractivity contribution < 1.29 is 14.3 Å². The molecule has 1 aliphatic rings. The number of fused-ring (bicyclic) bond motifs is 1. The molecule has 1 fully saturated rings. The molecule has 0 aliphatic carbocycles. The van der Waals surface area contributed by atoms with Crippen LogP contribution in [0.3, 0.4) is 0 Å². The van der Waals surface area contributed by atoms with Crippen molar-refractivity contribution in [1.29, 1.82) is 0 Å². The van der Waals surface area contributed by atoms with Crippen molar-refractivity contribution in [1.82, 2.24) is 14.5 Å². The third kappa shape index (κ3) is 2.68. The highest BCUT2D eigenvalue weighted by molar-refractivity contribution is 5.93. The Morgan fingerprint density at radius 1 is 1.45 bits per heavy atom. The first-order valence-corrected chi connectivity index (χ1v) is 7.44. The van der Waals surface area contributed by atoms with E-state index in [0.717, 1.165) is 11.0 Å². The molecule has 0 bridgehead atoms. The third-order valence-electron chi connectivity index (χ3n) is 4.09. The molecule has 6 heteroatoms. The Labute approximate surface area is 128 Å². The molecule has 3 rings (SSSR count). The summed E-state index contributed by atoms with van der Waals surface area (Å²) in [5.74, 6) is -0.136. The van der Waals surface area contributed by atoms with Crippen LogP contribution >= 0.6 is 0 Å². The Hall–Kier alpha value is -2.37. The van der Waals surface area contributed by atoms with Gasteiger partial charge in [0.1, 0.15) is 0 Å². The molecule has 1 aliphatic heterocycles. The van der Waals surface area contributed by atoms with Gasteiger partial charge in [0.2, 0.25) is 5.91 Å².